The summed E-state index contributed by atoms with van der Waals surface area (Å²) in [7, 11) is 7.12. The Kier molecular flexibility index (Phi) is 7.95. The number of hydrogen-bond acceptors (Lipinski definition) is 6. The highest BCUT2D eigenvalue weighted by atomic mass is 16.5. The van der Waals surface area contributed by atoms with Gasteiger partial charge in [-0.15, -0.1) is 0 Å². The van der Waals surface area contributed by atoms with Crippen molar-refractivity contribution in [2.75, 3.05) is 63.5 Å². The van der Waals surface area contributed by atoms with Crippen molar-refractivity contribution in [3.05, 3.63) is 48.0 Å². The molecule has 1 aliphatic heterocycles. The van der Waals surface area contributed by atoms with E-state index in [9.17, 15) is 9.59 Å². The number of hydrogen-bond donors (Lipinski definition) is 2. The van der Waals surface area contributed by atoms with Gasteiger partial charge in [-0.3, -0.25) is 9.59 Å². The van der Waals surface area contributed by atoms with E-state index >= 15 is 0 Å². The summed E-state index contributed by atoms with van der Waals surface area (Å²) >= 11 is 0. The van der Waals surface area contributed by atoms with E-state index in [4.69, 9.17) is 9.47 Å². The zero-order chi connectivity index (χ0) is 24.0. The fraction of sp³-hybridized carbons (Fsp3) is 0.360. The minimum atomic E-state index is -0.133. The molecule has 33 heavy (non-hydrogen) atoms. The molecule has 0 spiro atoms. The van der Waals surface area contributed by atoms with Crippen molar-refractivity contribution in [1.82, 2.24) is 4.90 Å². The van der Waals surface area contributed by atoms with Crippen LogP contribution < -0.4 is 25.0 Å². The first-order chi connectivity index (χ1) is 15.8. The lowest BCUT2D eigenvalue weighted by atomic mass is 10.1. The molecule has 0 fully saturated rings. The van der Waals surface area contributed by atoms with Crippen molar-refractivity contribution in [3.8, 4) is 11.5 Å². The molecular weight excluding hydrogens is 420 g/mol. The highest BCUT2D eigenvalue weighted by Crippen LogP contribution is 2.40. The highest BCUT2D eigenvalue weighted by molar-refractivity contribution is 6.31. The van der Waals surface area contributed by atoms with Crippen LogP contribution in [0.3, 0.4) is 0 Å². The van der Waals surface area contributed by atoms with E-state index in [2.05, 4.69) is 15.5 Å². The van der Waals surface area contributed by atoms with Crippen LogP contribution >= 0.6 is 0 Å². The van der Waals surface area contributed by atoms with E-state index in [1.165, 1.54) is 0 Å². The summed E-state index contributed by atoms with van der Waals surface area (Å²) in [6.45, 7) is 3.68. The molecule has 0 saturated heterocycles. The lowest BCUT2D eigenvalue weighted by Gasteiger charge is -2.23. The summed E-state index contributed by atoms with van der Waals surface area (Å²) in [6.07, 6.45) is 2.59. The van der Waals surface area contributed by atoms with E-state index < -0.39 is 0 Å². The summed E-state index contributed by atoms with van der Waals surface area (Å²) in [5.41, 5.74) is 3.98. The maximum absolute atomic E-state index is 12.4. The van der Waals surface area contributed by atoms with Gasteiger partial charge >= 0.3 is 0 Å². The summed E-state index contributed by atoms with van der Waals surface area (Å²) in [5, 5.41) is 6.24. The molecule has 0 aromatic heterocycles. The third-order valence-electron chi connectivity index (χ3n) is 5.46. The second-order valence-corrected chi connectivity index (χ2v) is 8.06. The fourth-order valence-electron chi connectivity index (χ4n) is 3.68. The third kappa shape index (κ3) is 5.84. The summed E-state index contributed by atoms with van der Waals surface area (Å²) in [5.74, 6) is 1.05. The van der Waals surface area contributed by atoms with Crippen molar-refractivity contribution in [2.45, 2.75) is 13.3 Å². The van der Waals surface area contributed by atoms with E-state index in [0.29, 0.717) is 36.6 Å². The number of carbonyl (C=O) groups is 2. The quantitative estimate of drug-likeness (QED) is 0.424. The standard InChI is InChI=1S/C25H32N4O4/c1-17(30)29(14-13-28(2)3)19-10-8-18(9-11-19)26-12-6-7-20-21-15-23(32-4)24(33-5)16-22(21)27-25(20)31/h7-11,15-16,26H,6,12-14H2,1-5H3,(H,27,31). The van der Waals surface area contributed by atoms with Gasteiger partial charge in [0.25, 0.3) is 5.91 Å². The minimum absolute atomic E-state index is 0.0218. The van der Waals surface area contributed by atoms with Gasteiger partial charge in [-0.1, -0.05) is 6.08 Å². The van der Waals surface area contributed by atoms with Gasteiger partial charge in [0.15, 0.2) is 11.5 Å². The number of methoxy groups -OCH3 is 2. The average Bonchev–Trinajstić information content (AvgIpc) is 3.10. The first-order valence-electron chi connectivity index (χ1n) is 10.9. The van der Waals surface area contributed by atoms with Crippen LogP contribution in [-0.2, 0) is 9.59 Å². The second kappa shape index (κ2) is 10.9. The Morgan fingerprint density at radius 1 is 1.06 bits per heavy atom. The number of amides is 2. The number of anilines is 3. The molecule has 2 N–H and O–H groups in total. The summed E-state index contributed by atoms with van der Waals surface area (Å²) in [6, 6.07) is 11.4. The molecule has 0 unspecified atom stereocenters. The van der Waals surface area contributed by atoms with Crippen LogP contribution in [0.4, 0.5) is 17.1 Å². The molecule has 8 nitrogen and oxygen atoms in total. The van der Waals surface area contributed by atoms with Gasteiger partial charge in [0.05, 0.1) is 19.9 Å². The molecule has 2 amide bonds. The molecule has 1 heterocycles. The third-order valence-corrected chi connectivity index (χ3v) is 5.46. The molecule has 8 heteroatoms. The molecule has 0 radical (unpaired) electrons. The Bertz CT molecular complexity index is 1030. The zero-order valence-electron chi connectivity index (χ0n) is 19.9. The number of ether oxygens (including phenoxy) is 2. The summed E-state index contributed by atoms with van der Waals surface area (Å²) in [4.78, 5) is 28.3. The van der Waals surface area contributed by atoms with Crippen molar-refractivity contribution >= 4 is 34.4 Å². The molecule has 0 atom stereocenters. The van der Waals surface area contributed by atoms with E-state index in [1.54, 1.807) is 32.1 Å². The number of rotatable bonds is 10. The second-order valence-electron chi connectivity index (χ2n) is 8.06. The Hall–Kier alpha value is -3.52. The molecule has 1 aliphatic rings. The molecule has 0 saturated carbocycles. The van der Waals surface area contributed by atoms with Gasteiger partial charge in [0.1, 0.15) is 0 Å². The maximum atomic E-state index is 12.4. The van der Waals surface area contributed by atoms with Crippen molar-refractivity contribution < 1.29 is 19.1 Å². The molecular formula is C25H32N4O4. The van der Waals surface area contributed by atoms with Gasteiger partial charge in [0, 0.05) is 55.1 Å². The van der Waals surface area contributed by atoms with Gasteiger partial charge in [-0.25, -0.2) is 0 Å². The van der Waals surface area contributed by atoms with Gasteiger partial charge in [-0.05, 0) is 50.8 Å². The Balaban J connectivity index is 1.61. The maximum Gasteiger partial charge on any atom is 0.256 e. The van der Waals surface area contributed by atoms with E-state index in [1.807, 2.05) is 50.5 Å². The van der Waals surface area contributed by atoms with E-state index in [-0.39, 0.29) is 11.8 Å². The van der Waals surface area contributed by atoms with Crippen LogP contribution in [0.25, 0.3) is 5.57 Å². The van der Waals surface area contributed by atoms with Crippen molar-refractivity contribution in [1.29, 1.82) is 0 Å². The van der Waals surface area contributed by atoms with Crippen LogP contribution in [-0.4, -0.2) is 64.7 Å². The molecule has 2 aromatic rings. The first-order valence-corrected chi connectivity index (χ1v) is 10.9. The normalized spacial score (nSPS) is 13.6. The van der Waals surface area contributed by atoms with Crippen molar-refractivity contribution in [2.24, 2.45) is 0 Å². The average molecular weight is 453 g/mol. The van der Waals surface area contributed by atoms with Crippen LogP contribution in [0.1, 0.15) is 18.9 Å². The Morgan fingerprint density at radius 2 is 1.73 bits per heavy atom. The topological polar surface area (TPSA) is 83.1 Å². The predicted octanol–water partition coefficient (Wildman–Crippen LogP) is 3.46. The Labute approximate surface area is 195 Å². The molecule has 176 valence electrons. The lowest BCUT2D eigenvalue weighted by molar-refractivity contribution is -0.116. The number of nitrogens with one attached hydrogen (secondary N) is 2. The summed E-state index contributed by atoms with van der Waals surface area (Å²) < 4.78 is 10.7. The monoisotopic (exact) mass is 452 g/mol. The smallest absolute Gasteiger partial charge is 0.256 e. The number of carbonyl (C=O) groups excluding carboxylic acids is 2. The Morgan fingerprint density at radius 3 is 2.33 bits per heavy atom. The van der Waals surface area contributed by atoms with Gasteiger partial charge in [-0.2, -0.15) is 0 Å². The zero-order valence-corrected chi connectivity index (χ0v) is 19.9. The van der Waals surface area contributed by atoms with Gasteiger partial charge in [0.2, 0.25) is 5.91 Å². The predicted molar refractivity (Wildman–Crippen MR) is 132 cm³/mol. The molecule has 0 bridgehead atoms. The van der Waals surface area contributed by atoms with Crippen molar-refractivity contribution in [3.63, 3.8) is 0 Å². The minimum Gasteiger partial charge on any atom is -0.493 e. The van der Waals surface area contributed by atoms with Crippen LogP contribution in [0.5, 0.6) is 11.5 Å². The number of nitrogens with zero attached hydrogens (tertiary/aromatic N) is 2. The van der Waals surface area contributed by atoms with Crippen LogP contribution in [0.2, 0.25) is 0 Å². The first kappa shape index (κ1) is 24.1. The number of benzene rings is 2. The number of likely N-dealkylation sites (N-methyl/N-ethyl adjacent to an activating group) is 1. The molecule has 0 aliphatic carbocycles. The molecule has 3 rings (SSSR count). The highest BCUT2D eigenvalue weighted by Gasteiger charge is 2.26. The van der Waals surface area contributed by atoms with Gasteiger partial charge < -0.3 is 29.9 Å². The van der Waals surface area contributed by atoms with Crippen LogP contribution in [0, 0.1) is 0 Å². The fourth-order valence-corrected chi connectivity index (χ4v) is 3.68. The largest absolute Gasteiger partial charge is 0.493 e. The SMILES string of the molecule is COc1cc2c(cc1OC)C(=CCCNc1ccc(N(CCN(C)C)C(C)=O)cc1)C(=O)N2. The molecule has 2 aromatic carbocycles. The van der Waals surface area contributed by atoms with Crippen LogP contribution in [0.15, 0.2) is 42.5 Å². The number of fused-ring (bicyclic) bond motifs is 1. The lowest BCUT2D eigenvalue weighted by Crippen LogP contribution is -2.35. The van der Waals surface area contributed by atoms with E-state index in [0.717, 1.165) is 29.2 Å².